The van der Waals surface area contributed by atoms with Crippen molar-refractivity contribution < 1.29 is 13.5 Å². The Labute approximate surface area is 72.3 Å². The molecule has 3 nitrogen and oxygen atoms in total. The Morgan fingerprint density at radius 2 is 2.00 bits per heavy atom. The van der Waals surface area contributed by atoms with Crippen molar-refractivity contribution in [3.8, 4) is 0 Å². The number of aliphatic hydroxyl groups is 1. The third-order valence-electron chi connectivity index (χ3n) is 1.73. The van der Waals surface area contributed by atoms with Gasteiger partial charge < -0.3 is 5.11 Å². The van der Waals surface area contributed by atoms with Crippen molar-refractivity contribution in [2.24, 2.45) is 0 Å². The molecule has 0 unspecified atom stereocenters. The highest BCUT2D eigenvalue weighted by Crippen LogP contribution is 2.26. The second-order valence-corrected chi connectivity index (χ2v) is 6.23. The van der Waals surface area contributed by atoms with Gasteiger partial charge in [0.1, 0.15) is 0 Å². The Morgan fingerprint density at radius 1 is 1.64 bits per heavy atom. The number of sulfone groups is 1. The molecule has 68 valence electrons. The summed E-state index contributed by atoms with van der Waals surface area (Å²) >= 11 is 5.62. The van der Waals surface area contributed by atoms with Crippen LogP contribution in [-0.4, -0.2) is 29.6 Å². The van der Waals surface area contributed by atoms with E-state index >= 15 is 0 Å². The summed E-state index contributed by atoms with van der Waals surface area (Å²) in [5, 5.41) is 9.04. The molecule has 1 N–H and O–H groups in total. The number of hydrogen-bond acceptors (Lipinski definition) is 3. The second-order valence-electron chi connectivity index (χ2n) is 2.57. The van der Waals surface area contributed by atoms with E-state index in [0.29, 0.717) is 0 Å². The Hall–Kier alpha value is 0.200. The molecule has 0 aliphatic rings. The predicted octanol–water partition coefficient (Wildman–Crippen LogP) is 0.757. The van der Waals surface area contributed by atoms with Gasteiger partial charge in [-0.05, 0) is 13.8 Å². The summed E-state index contributed by atoms with van der Waals surface area (Å²) in [4.78, 5) is 0. The lowest BCUT2D eigenvalue weighted by Crippen LogP contribution is -2.40. The molecule has 0 aliphatic carbocycles. The Kier molecular flexibility index (Phi) is 3.35. The SMILES string of the molecule is CCS(=O)(=O)[C@](C)(Cl)[C@H](C)O. The topological polar surface area (TPSA) is 54.4 Å². The van der Waals surface area contributed by atoms with Crippen LogP contribution >= 0.6 is 11.6 Å². The van der Waals surface area contributed by atoms with Crippen LogP contribution in [0.4, 0.5) is 0 Å². The Balaban J connectivity index is 4.85. The molecular weight excluding hydrogens is 188 g/mol. The summed E-state index contributed by atoms with van der Waals surface area (Å²) in [6.07, 6.45) is -1.06. The largest absolute Gasteiger partial charge is 0.390 e. The molecule has 0 saturated carbocycles. The smallest absolute Gasteiger partial charge is 0.171 e. The number of aliphatic hydroxyl groups excluding tert-OH is 1. The summed E-state index contributed by atoms with van der Waals surface area (Å²) in [6.45, 7) is 4.16. The van der Waals surface area contributed by atoms with E-state index in [4.69, 9.17) is 16.7 Å². The summed E-state index contributed by atoms with van der Waals surface area (Å²) in [6, 6.07) is 0. The van der Waals surface area contributed by atoms with Crippen LogP contribution in [0.15, 0.2) is 0 Å². The Morgan fingerprint density at radius 3 is 2.09 bits per heavy atom. The zero-order valence-corrected chi connectivity index (χ0v) is 8.41. The quantitative estimate of drug-likeness (QED) is 0.685. The molecule has 0 heterocycles. The van der Waals surface area contributed by atoms with Crippen molar-refractivity contribution in [1.29, 1.82) is 0 Å². The molecule has 0 saturated heterocycles. The highest BCUT2D eigenvalue weighted by molar-refractivity contribution is 7.94. The normalized spacial score (nSPS) is 20.8. The third-order valence-corrected chi connectivity index (χ3v) is 5.07. The highest BCUT2D eigenvalue weighted by Gasteiger charge is 2.40. The molecule has 2 atom stereocenters. The molecule has 11 heavy (non-hydrogen) atoms. The van der Waals surface area contributed by atoms with Crippen LogP contribution in [0, 0.1) is 0 Å². The molecule has 0 aromatic heterocycles. The lowest BCUT2D eigenvalue weighted by molar-refractivity contribution is 0.180. The van der Waals surface area contributed by atoms with Crippen molar-refractivity contribution >= 4 is 21.4 Å². The molecule has 0 spiro atoms. The minimum atomic E-state index is -3.38. The first-order valence-corrected chi connectivity index (χ1v) is 5.38. The summed E-state index contributed by atoms with van der Waals surface area (Å²) in [5.41, 5.74) is 0. The van der Waals surface area contributed by atoms with Crippen LogP contribution in [0.1, 0.15) is 20.8 Å². The van der Waals surface area contributed by atoms with Crippen molar-refractivity contribution in [2.45, 2.75) is 31.1 Å². The molecule has 0 fully saturated rings. The molecule has 0 radical (unpaired) electrons. The maximum absolute atomic E-state index is 11.2. The first kappa shape index (κ1) is 11.2. The third kappa shape index (κ3) is 2.07. The fourth-order valence-electron chi connectivity index (χ4n) is 0.542. The van der Waals surface area contributed by atoms with Gasteiger partial charge in [-0.1, -0.05) is 18.5 Å². The average Bonchev–Trinajstić information content (AvgIpc) is 1.87. The maximum Gasteiger partial charge on any atom is 0.171 e. The van der Waals surface area contributed by atoms with Gasteiger partial charge in [-0.3, -0.25) is 0 Å². The van der Waals surface area contributed by atoms with Crippen molar-refractivity contribution in [2.75, 3.05) is 5.75 Å². The fourth-order valence-corrected chi connectivity index (χ4v) is 1.95. The van der Waals surface area contributed by atoms with Crippen LogP contribution in [0.25, 0.3) is 0 Å². The molecule has 0 bridgehead atoms. The van der Waals surface area contributed by atoms with E-state index in [1.807, 2.05) is 0 Å². The van der Waals surface area contributed by atoms with Gasteiger partial charge in [0, 0.05) is 5.75 Å². The molecule has 0 aromatic rings. The number of alkyl halides is 1. The van der Waals surface area contributed by atoms with E-state index in [-0.39, 0.29) is 5.75 Å². The molecule has 0 aromatic carbocycles. The van der Waals surface area contributed by atoms with E-state index in [1.165, 1.54) is 20.8 Å². The van der Waals surface area contributed by atoms with Gasteiger partial charge in [0.2, 0.25) is 0 Å². The predicted molar refractivity (Wildman–Crippen MR) is 45.4 cm³/mol. The van der Waals surface area contributed by atoms with Gasteiger partial charge in [-0.2, -0.15) is 0 Å². The number of halogens is 1. The van der Waals surface area contributed by atoms with Gasteiger partial charge in [0.25, 0.3) is 0 Å². The zero-order chi connectivity index (χ0) is 9.28. The highest BCUT2D eigenvalue weighted by atomic mass is 35.5. The fraction of sp³-hybridized carbons (Fsp3) is 1.00. The summed E-state index contributed by atoms with van der Waals surface area (Å²) in [7, 11) is -3.38. The van der Waals surface area contributed by atoms with Crippen LogP contribution in [0.3, 0.4) is 0 Å². The summed E-state index contributed by atoms with van der Waals surface area (Å²) in [5.74, 6) is -0.0576. The van der Waals surface area contributed by atoms with E-state index in [0.717, 1.165) is 0 Å². The molecule has 0 aliphatic heterocycles. The van der Waals surface area contributed by atoms with Gasteiger partial charge in [0.05, 0.1) is 6.10 Å². The molecule has 0 amide bonds. The second kappa shape index (κ2) is 3.29. The number of hydrogen-bond donors (Lipinski definition) is 1. The van der Waals surface area contributed by atoms with Gasteiger partial charge in [-0.15, -0.1) is 0 Å². The minimum Gasteiger partial charge on any atom is -0.390 e. The lowest BCUT2D eigenvalue weighted by atomic mass is 10.3. The Bertz CT molecular complexity index is 218. The molecule has 0 rings (SSSR count). The van der Waals surface area contributed by atoms with Gasteiger partial charge in [0.15, 0.2) is 14.0 Å². The van der Waals surface area contributed by atoms with E-state index in [2.05, 4.69) is 0 Å². The summed E-state index contributed by atoms with van der Waals surface area (Å²) < 4.78 is 20.8. The van der Waals surface area contributed by atoms with Gasteiger partial charge in [-0.25, -0.2) is 8.42 Å². The van der Waals surface area contributed by atoms with E-state index < -0.39 is 20.1 Å². The minimum absolute atomic E-state index is 0.0576. The maximum atomic E-state index is 11.2. The lowest BCUT2D eigenvalue weighted by Gasteiger charge is -2.24. The van der Waals surface area contributed by atoms with Crippen LogP contribution < -0.4 is 0 Å². The van der Waals surface area contributed by atoms with Crippen molar-refractivity contribution in [1.82, 2.24) is 0 Å². The monoisotopic (exact) mass is 200 g/mol. The average molecular weight is 201 g/mol. The van der Waals surface area contributed by atoms with Crippen LogP contribution in [0.2, 0.25) is 0 Å². The number of rotatable bonds is 3. The van der Waals surface area contributed by atoms with E-state index in [1.54, 1.807) is 0 Å². The van der Waals surface area contributed by atoms with Crippen molar-refractivity contribution in [3.63, 3.8) is 0 Å². The van der Waals surface area contributed by atoms with Gasteiger partial charge >= 0.3 is 0 Å². The molecule has 5 heteroatoms. The van der Waals surface area contributed by atoms with Crippen LogP contribution in [0.5, 0.6) is 0 Å². The van der Waals surface area contributed by atoms with Crippen LogP contribution in [-0.2, 0) is 9.84 Å². The van der Waals surface area contributed by atoms with Crippen molar-refractivity contribution in [3.05, 3.63) is 0 Å². The first-order chi connectivity index (χ1) is 4.75. The molecular formula is C6H13ClO3S. The first-order valence-electron chi connectivity index (χ1n) is 3.35. The van der Waals surface area contributed by atoms with E-state index in [9.17, 15) is 8.42 Å². The standard InChI is InChI=1S/C6H13ClO3S/c1-4-11(9,10)6(3,7)5(2)8/h5,8H,4H2,1-3H3/t5-,6-/m0/s1. The zero-order valence-electron chi connectivity index (χ0n) is 6.83.